The third kappa shape index (κ3) is 2.14. The highest BCUT2D eigenvalue weighted by molar-refractivity contribution is 9.10. The summed E-state index contributed by atoms with van der Waals surface area (Å²) in [5.74, 6) is 0. The Balaban J connectivity index is 2.41. The van der Waals surface area contributed by atoms with Crippen molar-refractivity contribution < 1.29 is 5.11 Å². The predicted molar refractivity (Wildman–Crippen MR) is 67.3 cm³/mol. The topological polar surface area (TPSA) is 20.2 Å². The van der Waals surface area contributed by atoms with Crippen LogP contribution in [-0.2, 0) is 0 Å². The Hall–Kier alpha value is -0.640. The van der Waals surface area contributed by atoms with Crippen molar-refractivity contribution in [1.29, 1.82) is 0 Å². The van der Waals surface area contributed by atoms with Gasteiger partial charge in [0.25, 0.3) is 0 Å². The number of hydrogen-bond acceptors (Lipinski definition) is 2. The van der Waals surface area contributed by atoms with Crippen LogP contribution in [0.5, 0.6) is 0 Å². The van der Waals surface area contributed by atoms with E-state index in [1.54, 1.807) is 11.3 Å². The molecule has 3 heteroatoms. The number of aliphatic hydroxyl groups is 1. The van der Waals surface area contributed by atoms with Gasteiger partial charge in [-0.05, 0) is 35.6 Å². The van der Waals surface area contributed by atoms with Gasteiger partial charge < -0.3 is 5.11 Å². The van der Waals surface area contributed by atoms with E-state index in [1.165, 1.54) is 4.88 Å². The zero-order valence-electron chi connectivity index (χ0n) is 8.27. The van der Waals surface area contributed by atoms with E-state index in [-0.39, 0.29) is 0 Å². The Morgan fingerprint density at radius 1 is 1.20 bits per heavy atom. The van der Waals surface area contributed by atoms with E-state index < -0.39 is 6.10 Å². The molecule has 0 bridgehead atoms. The molecule has 0 aliphatic rings. The molecular weight excluding hydrogens is 272 g/mol. The fourth-order valence-electron chi connectivity index (χ4n) is 1.54. The zero-order chi connectivity index (χ0) is 10.8. The normalized spacial score (nSPS) is 12.7. The maximum absolute atomic E-state index is 10.2. The summed E-state index contributed by atoms with van der Waals surface area (Å²) in [6, 6.07) is 9.74. The van der Waals surface area contributed by atoms with Crippen LogP contribution in [0.3, 0.4) is 0 Å². The van der Waals surface area contributed by atoms with Gasteiger partial charge in [-0.3, -0.25) is 0 Å². The maximum Gasteiger partial charge on any atom is 0.106 e. The number of rotatable bonds is 2. The summed E-state index contributed by atoms with van der Waals surface area (Å²) in [4.78, 5) is 1.17. The smallest absolute Gasteiger partial charge is 0.106 e. The second-order valence-corrected chi connectivity index (χ2v) is 5.33. The Morgan fingerprint density at radius 3 is 2.53 bits per heavy atom. The van der Waals surface area contributed by atoms with E-state index in [2.05, 4.69) is 15.9 Å². The molecule has 1 nitrogen and oxygen atoms in total. The van der Waals surface area contributed by atoms with Crippen molar-refractivity contribution >= 4 is 27.3 Å². The minimum absolute atomic E-state index is 0.535. The standard InChI is InChI=1S/C12H11BrOS/c1-8-9(6-7-15-8)12(14)10-4-2-3-5-11(10)13/h2-7,12,14H,1H3. The van der Waals surface area contributed by atoms with Crippen LogP contribution in [-0.4, -0.2) is 5.11 Å². The highest BCUT2D eigenvalue weighted by Crippen LogP contribution is 2.31. The van der Waals surface area contributed by atoms with Crippen LogP contribution in [0.2, 0.25) is 0 Å². The number of hydrogen-bond donors (Lipinski definition) is 1. The van der Waals surface area contributed by atoms with Gasteiger partial charge in [0.05, 0.1) is 0 Å². The molecule has 0 radical (unpaired) electrons. The minimum atomic E-state index is -0.535. The van der Waals surface area contributed by atoms with Crippen LogP contribution >= 0.6 is 27.3 Å². The predicted octanol–water partition coefficient (Wildman–Crippen LogP) is 3.90. The molecule has 1 N–H and O–H groups in total. The van der Waals surface area contributed by atoms with Crippen molar-refractivity contribution in [2.45, 2.75) is 13.0 Å². The number of halogens is 1. The molecule has 2 rings (SSSR count). The largest absolute Gasteiger partial charge is 0.384 e. The Labute approximate surface area is 102 Å². The summed E-state index contributed by atoms with van der Waals surface area (Å²) < 4.78 is 0.947. The third-order valence-corrected chi connectivity index (χ3v) is 3.98. The number of thiophene rings is 1. The Bertz CT molecular complexity index is 464. The molecule has 1 unspecified atom stereocenters. The highest BCUT2D eigenvalue weighted by atomic mass is 79.9. The SMILES string of the molecule is Cc1sccc1C(O)c1ccccc1Br. The van der Waals surface area contributed by atoms with E-state index in [9.17, 15) is 5.11 Å². The van der Waals surface area contributed by atoms with Gasteiger partial charge in [-0.2, -0.15) is 0 Å². The van der Waals surface area contributed by atoms with Gasteiger partial charge >= 0.3 is 0 Å². The van der Waals surface area contributed by atoms with Crippen LogP contribution < -0.4 is 0 Å². The number of aliphatic hydroxyl groups excluding tert-OH is 1. The highest BCUT2D eigenvalue weighted by Gasteiger charge is 2.15. The van der Waals surface area contributed by atoms with Crippen LogP contribution in [0.25, 0.3) is 0 Å². The van der Waals surface area contributed by atoms with Crippen LogP contribution in [0, 0.1) is 6.92 Å². The lowest BCUT2D eigenvalue weighted by Gasteiger charge is -2.12. The molecule has 0 amide bonds. The third-order valence-electron chi connectivity index (χ3n) is 2.39. The summed E-state index contributed by atoms with van der Waals surface area (Å²) in [6.45, 7) is 2.03. The lowest BCUT2D eigenvalue weighted by molar-refractivity contribution is 0.219. The summed E-state index contributed by atoms with van der Waals surface area (Å²) >= 11 is 5.11. The summed E-state index contributed by atoms with van der Waals surface area (Å²) in [5.41, 5.74) is 1.91. The molecule has 0 spiro atoms. The summed E-state index contributed by atoms with van der Waals surface area (Å²) in [7, 11) is 0. The number of benzene rings is 1. The molecule has 0 saturated carbocycles. The fraction of sp³-hybridized carbons (Fsp3) is 0.167. The van der Waals surface area contributed by atoms with E-state index >= 15 is 0 Å². The first-order valence-corrected chi connectivity index (χ1v) is 6.34. The maximum atomic E-state index is 10.2. The van der Waals surface area contributed by atoms with Gasteiger partial charge in [-0.25, -0.2) is 0 Å². The van der Waals surface area contributed by atoms with Crippen molar-refractivity contribution in [1.82, 2.24) is 0 Å². The van der Waals surface area contributed by atoms with Gasteiger partial charge in [0.2, 0.25) is 0 Å². The van der Waals surface area contributed by atoms with Crippen molar-refractivity contribution in [2.24, 2.45) is 0 Å². The first kappa shape index (κ1) is 10.9. The first-order chi connectivity index (χ1) is 7.20. The summed E-state index contributed by atoms with van der Waals surface area (Å²) in [6.07, 6.45) is -0.535. The molecule has 1 heterocycles. The second kappa shape index (κ2) is 4.47. The average Bonchev–Trinajstić information content (AvgIpc) is 2.64. The van der Waals surface area contributed by atoms with Crippen LogP contribution in [0.15, 0.2) is 40.2 Å². The van der Waals surface area contributed by atoms with E-state index in [1.807, 2.05) is 42.6 Å². The Kier molecular flexibility index (Phi) is 3.24. The Morgan fingerprint density at radius 2 is 1.93 bits per heavy atom. The van der Waals surface area contributed by atoms with Crippen molar-refractivity contribution in [3.05, 3.63) is 56.2 Å². The van der Waals surface area contributed by atoms with Gasteiger partial charge in [-0.15, -0.1) is 11.3 Å². The molecule has 0 fully saturated rings. The van der Waals surface area contributed by atoms with Crippen molar-refractivity contribution in [3.63, 3.8) is 0 Å². The molecular formula is C12H11BrOS. The molecule has 0 saturated heterocycles. The zero-order valence-corrected chi connectivity index (χ0v) is 10.7. The lowest BCUT2D eigenvalue weighted by atomic mass is 10.0. The van der Waals surface area contributed by atoms with Crippen LogP contribution in [0.1, 0.15) is 22.1 Å². The van der Waals surface area contributed by atoms with Gasteiger partial charge in [-0.1, -0.05) is 34.1 Å². The van der Waals surface area contributed by atoms with E-state index in [0.29, 0.717) is 0 Å². The van der Waals surface area contributed by atoms with Gasteiger partial charge in [0.15, 0.2) is 0 Å². The van der Waals surface area contributed by atoms with Crippen molar-refractivity contribution in [2.75, 3.05) is 0 Å². The molecule has 1 aromatic heterocycles. The monoisotopic (exact) mass is 282 g/mol. The number of aryl methyl sites for hydroxylation is 1. The molecule has 2 aromatic rings. The molecule has 0 aliphatic carbocycles. The second-order valence-electron chi connectivity index (χ2n) is 3.36. The molecule has 1 atom stereocenters. The molecule has 0 aliphatic heterocycles. The summed E-state index contributed by atoms with van der Waals surface area (Å²) in [5, 5.41) is 12.2. The first-order valence-electron chi connectivity index (χ1n) is 4.66. The van der Waals surface area contributed by atoms with E-state index in [0.717, 1.165) is 15.6 Å². The lowest BCUT2D eigenvalue weighted by Crippen LogP contribution is -2.00. The molecule has 78 valence electrons. The van der Waals surface area contributed by atoms with Gasteiger partial charge in [0, 0.05) is 9.35 Å². The molecule has 1 aromatic carbocycles. The van der Waals surface area contributed by atoms with Crippen molar-refractivity contribution in [3.8, 4) is 0 Å². The minimum Gasteiger partial charge on any atom is -0.384 e. The average molecular weight is 283 g/mol. The van der Waals surface area contributed by atoms with Gasteiger partial charge in [0.1, 0.15) is 6.10 Å². The van der Waals surface area contributed by atoms with E-state index in [4.69, 9.17) is 0 Å². The fourth-order valence-corrected chi connectivity index (χ4v) is 2.78. The van der Waals surface area contributed by atoms with Crippen LogP contribution in [0.4, 0.5) is 0 Å². The molecule has 15 heavy (non-hydrogen) atoms. The quantitative estimate of drug-likeness (QED) is 0.886.